The Balaban J connectivity index is 2.57. The second-order valence-corrected chi connectivity index (χ2v) is 3.02. The number of nitriles is 1. The first-order valence-corrected chi connectivity index (χ1v) is 4.15. The zero-order valence-electron chi connectivity index (χ0n) is 7.28. The molecule has 64 valence electrons. The molecule has 0 spiro atoms. The number of nitrogens with zero attached hydrogens (tertiary/aromatic N) is 2. The van der Waals surface area contributed by atoms with Crippen LogP contribution in [0.3, 0.4) is 0 Å². The summed E-state index contributed by atoms with van der Waals surface area (Å²) in [7, 11) is 0. The Hall–Kier alpha value is -1.82. The van der Waals surface area contributed by atoms with Gasteiger partial charge in [0.25, 0.3) is 0 Å². The molecule has 1 aliphatic rings. The van der Waals surface area contributed by atoms with Gasteiger partial charge in [0.1, 0.15) is 11.8 Å². The van der Waals surface area contributed by atoms with Gasteiger partial charge in [0.05, 0.1) is 17.3 Å². The number of hydrogen-bond acceptors (Lipinski definition) is 3. The van der Waals surface area contributed by atoms with Crippen LogP contribution in [0.2, 0.25) is 0 Å². The van der Waals surface area contributed by atoms with E-state index in [1.807, 2.05) is 25.3 Å². The molecular formula is C10H9N3. The maximum absolute atomic E-state index is 8.81. The molecule has 1 aromatic carbocycles. The van der Waals surface area contributed by atoms with Crippen LogP contribution in [0.4, 0.5) is 11.4 Å². The molecule has 3 heteroatoms. The fourth-order valence-corrected chi connectivity index (χ4v) is 1.36. The van der Waals surface area contributed by atoms with Gasteiger partial charge in [-0.15, -0.1) is 0 Å². The van der Waals surface area contributed by atoms with Crippen molar-refractivity contribution in [2.45, 2.75) is 13.0 Å². The Labute approximate surface area is 76.7 Å². The molecule has 0 aliphatic carbocycles. The van der Waals surface area contributed by atoms with Crippen LogP contribution >= 0.6 is 0 Å². The normalized spacial score (nSPS) is 18.6. The summed E-state index contributed by atoms with van der Waals surface area (Å²) in [4.78, 5) is 4.23. The first kappa shape index (κ1) is 7.81. The van der Waals surface area contributed by atoms with E-state index in [2.05, 4.69) is 16.4 Å². The van der Waals surface area contributed by atoms with Gasteiger partial charge in [-0.05, 0) is 19.1 Å². The Kier molecular flexibility index (Phi) is 1.75. The van der Waals surface area contributed by atoms with Crippen molar-refractivity contribution in [3.8, 4) is 6.07 Å². The first-order chi connectivity index (χ1) is 6.31. The largest absolute Gasteiger partial charge is 0.376 e. The van der Waals surface area contributed by atoms with Crippen LogP contribution in [0.5, 0.6) is 0 Å². The van der Waals surface area contributed by atoms with Crippen LogP contribution in [0.25, 0.3) is 0 Å². The summed E-state index contributed by atoms with van der Waals surface area (Å²) in [6.45, 7) is 2.02. The molecule has 0 aromatic heterocycles. The summed E-state index contributed by atoms with van der Waals surface area (Å²) in [5, 5.41) is 12.0. The standard InChI is InChI=1S/C10H9N3/c1-7-6-12-10-8(5-11)3-2-4-9(10)13-7/h2-4,6-7,13H,1H3. The highest BCUT2D eigenvalue weighted by molar-refractivity contribution is 5.85. The van der Waals surface area contributed by atoms with Crippen molar-refractivity contribution in [2.75, 3.05) is 5.32 Å². The van der Waals surface area contributed by atoms with Crippen molar-refractivity contribution in [1.82, 2.24) is 0 Å². The third kappa shape index (κ3) is 1.27. The number of rotatable bonds is 0. The quantitative estimate of drug-likeness (QED) is 0.649. The smallest absolute Gasteiger partial charge is 0.104 e. The van der Waals surface area contributed by atoms with Gasteiger partial charge in [0.2, 0.25) is 0 Å². The second kappa shape index (κ2) is 2.91. The van der Waals surface area contributed by atoms with Crippen molar-refractivity contribution < 1.29 is 0 Å². The maximum Gasteiger partial charge on any atom is 0.104 e. The maximum atomic E-state index is 8.81. The first-order valence-electron chi connectivity index (χ1n) is 4.15. The van der Waals surface area contributed by atoms with Gasteiger partial charge in [0, 0.05) is 6.21 Å². The summed E-state index contributed by atoms with van der Waals surface area (Å²) in [6, 6.07) is 7.92. The fourth-order valence-electron chi connectivity index (χ4n) is 1.36. The van der Waals surface area contributed by atoms with E-state index in [4.69, 9.17) is 5.26 Å². The lowest BCUT2D eigenvalue weighted by Crippen LogP contribution is -2.19. The van der Waals surface area contributed by atoms with Crippen LogP contribution in [0.15, 0.2) is 23.2 Å². The number of fused-ring (bicyclic) bond motifs is 1. The predicted octanol–water partition coefficient (Wildman–Crippen LogP) is 2.07. The highest BCUT2D eigenvalue weighted by Crippen LogP contribution is 2.31. The summed E-state index contributed by atoms with van der Waals surface area (Å²) in [5.74, 6) is 0. The fraction of sp³-hybridized carbons (Fsp3) is 0.200. The van der Waals surface area contributed by atoms with Gasteiger partial charge in [-0.1, -0.05) is 6.07 Å². The van der Waals surface area contributed by atoms with Crippen LogP contribution < -0.4 is 5.32 Å². The minimum absolute atomic E-state index is 0.237. The molecule has 3 nitrogen and oxygen atoms in total. The monoisotopic (exact) mass is 171 g/mol. The molecule has 1 N–H and O–H groups in total. The predicted molar refractivity (Wildman–Crippen MR) is 52.4 cm³/mol. The minimum atomic E-state index is 0.237. The van der Waals surface area contributed by atoms with E-state index in [0.29, 0.717) is 5.56 Å². The Bertz CT molecular complexity index is 401. The van der Waals surface area contributed by atoms with Crippen LogP contribution in [-0.4, -0.2) is 12.3 Å². The highest BCUT2D eigenvalue weighted by atomic mass is 15.0. The lowest BCUT2D eigenvalue weighted by Gasteiger charge is -2.18. The van der Waals surface area contributed by atoms with E-state index >= 15 is 0 Å². The number of anilines is 1. The van der Waals surface area contributed by atoms with Crippen LogP contribution in [-0.2, 0) is 0 Å². The second-order valence-electron chi connectivity index (χ2n) is 3.02. The Morgan fingerprint density at radius 1 is 1.54 bits per heavy atom. The number of nitrogens with one attached hydrogen (secondary N) is 1. The van der Waals surface area contributed by atoms with E-state index in [0.717, 1.165) is 11.4 Å². The van der Waals surface area contributed by atoms with Gasteiger partial charge in [-0.25, -0.2) is 0 Å². The van der Waals surface area contributed by atoms with Gasteiger partial charge < -0.3 is 5.32 Å². The number of aliphatic imine (C=N–C) groups is 1. The molecular weight excluding hydrogens is 162 g/mol. The van der Waals surface area contributed by atoms with E-state index in [-0.39, 0.29) is 6.04 Å². The lowest BCUT2D eigenvalue weighted by molar-refractivity contribution is 1.05. The molecule has 0 saturated heterocycles. The number of hydrogen-bond donors (Lipinski definition) is 1. The molecule has 1 aromatic rings. The molecule has 0 saturated carbocycles. The molecule has 0 bridgehead atoms. The van der Waals surface area contributed by atoms with Gasteiger partial charge >= 0.3 is 0 Å². The van der Waals surface area contributed by atoms with E-state index in [9.17, 15) is 0 Å². The van der Waals surface area contributed by atoms with Crippen molar-refractivity contribution >= 4 is 17.6 Å². The highest BCUT2D eigenvalue weighted by Gasteiger charge is 2.12. The zero-order valence-corrected chi connectivity index (χ0v) is 7.28. The Morgan fingerprint density at radius 3 is 3.15 bits per heavy atom. The summed E-state index contributed by atoms with van der Waals surface area (Å²) in [6.07, 6.45) is 1.81. The number of para-hydroxylation sites is 1. The zero-order chi connectivity index (χ0) is 9.26. The van der Waals surface area contributed by atoms with Crippen molar-refractivity contribution in [2.24, 2.45) is 4.99 Å². The molecule has 1 unspecified atom stereocenters. The molecule has 1 aliphatic heterocycles. The van der Waals surface area contributed by atoms with Crippen LogP contribution in [0, 0.1) is 11.3 Å². The van der Waals surface area contributed by atoms with Gasteiger partial charge in [0.15, 0.2) is 0 Å². The minimum Gasteiger partial charge on any atom is -0.376 e. The lowest BCUT2D eigenvalue weighted by atomic mass is 10.1. The van der Waals surface area contributed by atoms with E-state index < -0.39 is 0 Å². The Morgan fingerprint density at radius 2 is 2.38 bits per heavy atom. The number of benzene rings is 1. The molecule has 0 fully saturated rings. The summed E-state index contributed by atoms with van der Waals surface area (Å²) >= 11 is 0. The molecule has 1 heterocycles. The molecule has 0 radical (unpaired) electrons. The average molecular weight is 171 g/mol. The SMILES string of the molecule is CC1C=Nc2c(C#N)cccc2N1. The third-order valence-corrected chi connectivity index (χ3v) is 1.97. The van der Waals surface area contributed by atoms with Crippen molar-refractivity contribution in [3.63, 3.8) is 0 Å². The van der Waals surface area contributed by atoms with Gasteiger partial charge in [-0.3, -0.25) is 4.99 Å². The van der Waals surface area contributed by atoms with E-state index in [1.165, 1.54) is 0 Å². The molecule has 1 atom stereocenters. The summed E-state index contributed by atoms with van der Waals surface area (Å²) < 4.78 is 0. The average Bonchev–Trinajstić information content (AvgIpc) is 2.16. The third-order valence-electron chi connectivity index (χ3n) is 1.97. The van der Waals surface area contributed by atoms with Crippen molar-refractivity contribution in [3.05, 3.63) is 23.8 Å². The van der Waals surface area contributed by atoms with E-state index in [1.54, 1.807) is 6.07 Å². The summed E-state index contributed by atoms with van der Waals surface area (Å²) in [5.41, 5.74) is 2.31. The van der Waals surface area contributed by atoms with Gasteiger partial charge in [-0.2, -0.15) is 5.26 Å². The van der Waals surface area contributed by atoms with Crippen LogP contribution in [0.1, 0.15) is 12.5 Å². The van der Waals surface area contributed by atoms with Crippen molar-refractivity contribution in [1.29, 1.82) is 5.26 Å². The topological polar surface area (TPSA) is 48.2 Å². The molecule has 13 heavy (non-hydrogen) atoms. The molecule has 2 rings (SSSR count). The molecule has 0 amide bonds.